The molecule has 1 aromatic carbocycles. The lowest BCUT2D eigenvalue weighted by Crippen LogP contribution is -2.45. The Labute approximate surface area is 154 Å². The van der Waals surface area contributed by atoms with E-state index < -0.39 is 0 Å². The van der Waals surface area contributed by atoms with Crippen molar-refractivity contribution in [3.05, 3.63) is 58.5 Å². The van der Waals surface area contributed by atoms with E-state index in [0.717, 1.165) is 35.5 Å². The fourth-order valence-corrected chi connectivity index (χ4v) is 3.56. The molecule has 0 saturated carbocycles. The van der Waals surface area contributed by atoms with Crippen molar-refractivity contribution in [3.63, 3.8) is 0 Å². The highest BCUT2D eigenvalue weighted by Crippen LogP contribution is 2.20. The first-order valence-corrected chi connectivity index (χ1v) is 9.13. The second kappa shape index (κ2) is 7.77. The number of nitrogens with zero attached hydrogens (tertiary/aromatic N) is 1. The van der Waals surface area contributed by atoms with Crippen LogP contribution in [0.5, 0.6) is 0 Å². The Hall–Kier alpha value is -2.56. The molecule has 138 valence electrons. The summed E-state index contributed by atoms with van der Waals surface area (Å²) in [6.07, 6.45) is 1.65. The second-order valence-electron chi connectivity index (χ2n) is 7.20. The Morgan fingerprint density at radius 3 is 2.54 bits per heavy atom. The van der Waals surface area contributed by atoms with Crippen molar-refractivity contribution in [1.82, 2.24) is 10.2 Å². The van der Waals surface area contributed by atoms with Crippen molar-refractivity contribution in [3.8, 4) is 0 Å². The van der Waals surface area contributed by atoms with Crippen LogP contribution in [0.3, 0.4) is 0 Å². The van der Waals surface area contributed by atoms with E-state index in [9.17, 15) is 9.59 Å². The number of piperidine rings is 1. The zero-order valence-corrected chi connectivity index (χ0v) is 15.7. The normalized spacial score (nSPS) is 17.2. The maximum Gasteiger partial charge on any atom is 0.253 e. The molecule has 0 aliphatic carbocycles. The Morgan fingerprint density at radius 2 is 1.88 bits per heavy atom. The molecule has 1 atom stereocenters. The van der Waals surface area contributed by atoms with Gasteiger partial charge < -0.3 is 14.6 Å². The minimum absolute atomic E-state index is 0.0101. The highest BCUT2D eigenvalue weighted by atomic mass is 16.3. The Balaban J connectivity index is 1.61. The summed E-state index contributed by atoms with van der Waals surface area (Å²) < 4.78 is 5.48. The van der Waals surface area contributed by atoms with E-state index in [4.69, 9.17) is 4.42 Å². The fourth-order valence-electron chi connectivity index (χ4n) is 3.56. The summed E-state index contributed by atoms with van der Waals surface area (Å²) in [6.45, 7) is 7.41. The molecule has 3 rings (SSSR count). The van der Waals surface area contributed by atoms with Gasteiger partial charge in [0.2, 0.25) is 5.91 Å². The van der Waals surface area contributed by atoms with E-state index in [1.165, 1.54) is 0 Å². The number of carbonyl (C=O) groups is 2. The van der Waals surface area contributed by atoms with Crippen LogP contribution in [-0.4, -0.2) is 29.8 Å². The van der Waals surface area contributed by atoms with Crippen molar-refractivity contribution in [2.24, 2.45) is 5.92 Å². The first-order chi connectivity index (χ1) is 12.4. The summed E-state index contributed by atoms with van der Waals surface area (Å²) in [5.74, 6) is 1.40. The number of amides is 2. The Kier molecular flexibility index (Phi) is 5.45. The van der Waals surface area contributed by atoms with E-state index in [-0.39, 0.29) is 17.7 Å². The molecule has 1 N–H and O–H groups in total. The van der Waals surface area contributed by atoms with Crippen LogP contribution in [-0.2, 0) is 11.3 Å². The molecule has 1 aliphatic rings. The van der Waals surface area contributed by atoms with Crippen LogP contribution in [0.15, 0.2) is 34.7 Å². The van der Waals surface area contributed by atoms with E-state index in [2.05, 4.69) is 11.4 Å². The molecular formula is C21H26N2O3. The average Bonchev–Trinajstić information content (AvgIpc) is 3.03. The van der Waals surface area contributed by atoms with Crippen LogP contribution < -0.4 is 5.32 Å². The van der Waals surface area contributed by atoms with Crippen molar-refractivity contribution >= 4 is 11.8 Å². The molecule has 2 aromatic rings. The highest BCUT2D eigenvalue weighted by Gasteiger charge is 2.29. The smallest absolute Gasteiger partial charge is 0.253 e. The lowest BCUT2D eigenvalue weighted by atomic mass is 9.96. The van der Waals surface area contributed by atoms with Crippen LogP contribution in [0, 0.1) is 26.7 Å². The van der Waals surface area contributed by atoms with E-state index >= 15 is 0 Å². The molecule has 0 radical (unpaired) electrons. The second-order valence-corrected chi connectivity index (χ2v) is 7.20. The van der Waals surface area contributed by atoms with Crippen molar-refractivity contribution in [1.29, 1.82) is 0 Å². The van der Waals surface area contributed by atoms with E-state index in [1.54, 1.807) is 4.90 Å². The molecule has 1 aliphatic heterocycles. The summed E-state index contributed by atoms with van der Waals surface area (Å²) in [5, 5.41) is 2.93. The number of aryl methyl sites for hydroxylation is 3. The molecule has 2 heterocycles. The molecule has 0 unspecified atom stereocenters. The molecule has 1 fully saturated rings. The molecule has 5 nitrogen and oxygen atoms in total. The van der Waals surface area contributed by atoms with Gasteiger partial charge in [-0.25, -0.2) is 0 Å². The minimum atomic E-state index is -0.172. The van der Waals surface area contributed by atoms with E-state index in [0.29, 0.717) is 25.2 Å². The third kappa shape index (κ3) is 4.34. The third-order valence-electron chi connectivity index (χ3n) is 4.78. The van der Waals surface area contributed by atoms with Gasteiger partial charge in [-0.3, -0.25) is 9.59 Å². The van der Waals surface area contributed by atoms with Gasteiger partial charge in [-0.05, 0) is 57.9 Å². The van der Waals surface area contributed by atoms with Crippen LogP contribution in [0.1, 0.15) is 45.8 Å². The summed E-state index contributed by atoms with van der Waals surface area (Å²) in [4.78, 5) is 27.1. The fraction of sp³-hybridized carbons (Fsp3) is 0.429. The molecule has 1 saturated heterocycles. The molecule has 1 aromatic heterocycles. The van der Waals surface area contributed by atoms with Gasteiger partial charge in [-0.2, -0.15) is 0 Å². The van der Waals surface area contributed by atoms with Gasteiger partial charge in [-0.15, -0.1) is 0 Å². The molecule has 26 heavy (non-hydrogen) atoms. The van der Waals surface area contributed by atoms with Gasteiger partial charge in [-0.1, -0.05) is 17.2 Å². The number of benzene rings is 1. The average molecular weight is 354 g/mol. The molecule has 0 bridgehead atoms. The van der Waals surface area contributed by atoms with Gasteiger partial charge >= 0.3 is 0 Å². The van der Waals surface area contributed by atoms with Gasteiger partial charge in [0.1, 0.15) is 11.5 Å². The summed E-state index contributed by atoms with van der Waals surface area (Å²) in [5.41, 5.74) is 2.86. The van der Waals surface area contributed by atoms with Crippen molar-refractivity contribution in [2.75, 3.05) is 13.1 Å². The minimum Gasteiger partial charge on any atom is -0.465 e. The zero-order valence-electron chi connectivity index (χ0n) is 15.7. The number of hydrogen-bond acceptors (Lipinski definition) is 3. The lowest BCUT2D eigenvalue weighted by molar-refractivity contribution is -0.126. The SMILES string of the molecule is Cc1cc(C)cc(C(=O)N2CCC[C@@H](C(=O)NCc3ccc(C)o3)C2)c1. The number of rotatable bonds is 4. The summed E-state index contributed by atoms with van der Waals surface area (Å²) in [7, 11) is 0. The molecule has 2 amide bonds. The highest BCUT2D eigenvalue weighted by molar-refractivity contribution is 5.95. The van der Waals surface area contributed by atoms with Crippen LogP contribution in [0.2, 0.25) is 0 Å². The van der Waals surface area contributed by atoms with Crippen molar-refractivity contribution < 1.29 is 14.0 Å². The van der Waals surface area contributed by atoms with Crippen LogP contribution in [0.25, 0.3) is 0 Å². The standard InChI is InChI=1S/C21H26N2O3/c1-14-9-15(2)11-18(10-14)21(25)23-8-4-5-17(13-23)20(24)22-12-19-7-6-16(3)26-19/h6-7,9-11,17H,4-5,8,12-13H2,1-3H3,(H,22,24)/t17-/m1/s1. The Bertz CT molecular complexity index is 789. The quantitative estimate of drug-likeness (QED) is 0.916. The zero-order chi connectivity index (χ0) is 18.7. The third-order valence-corrected chi connectivity index (χ3v) is 4.78. The largest absolute Gasteiger partial charge is 0.465 e. The van der Waals surface area contributed by atoms with Gasteiger partial charge in [0, 0.05) is 18.7 Å². The summed E-state index contributed by atoms with van der Waals surface area (Å²) >= 11 is 0. The van der Waals surface area contributed by atoms with Crippen LogP contribution >= 0.6 is 0 Å². The monoisotopic (exact) mass is 354 g/mol. The number of carbonyl (C=O) groups excluding carboxylic acids is 2. The lowest BCUT2D eigenvalue weighted by Gasteiger charge is -2.32. The topological polar surface area (TPSA) is 62.6 Å². The number of nitrogens with one attached hydrogen (secondary N) is 1. The first kappa shape index (κ1) is 18.2. The van der Waals surface area contributed by atoms with Gasteiger partial charge in [0.25, 0.3) is 5.91 Å². The van der Waals surface area contributed by atoms with Crippen molar-refractivity contribution in [2.45, 2.75) is 40.2 Å². The Morgan fingerprint density at radius 1 is 1.15 bits per heavy atom. The van der Waals surface area contributed by atoms with Gasteiger partial charge in [0.15, 0.2) is 0 Å². The first-order valence-electron chi connectivity index (χ1n) is 9.13. The summed E-state index contributed by atoms with van der Waals surface area (Å²) in [6, 6.07) is 9.63. The van der Waals surface area contributed by atoms with E-state index in [1.807, 2.05) is 45.0 Å². The predicted molar refractivity (Wildman–Crippen MR) is 99.8 cm³/mol. The molecular weight excluding hydrogens is 328 g/mol. The predicted octanol–water partition coefficient (Wildman–Crippen LogP) is 3.37. The number of hydrogen-bond donors (Lipinski definition) is 1. The van der Waals surface area contributed by atoms with Gasteiger partial charge in [0.05, 0.1) is 12.5 Å². The van der Waals surface area contributed by atoms with Crippen LogP contribution in [0.4, 0.5) is 0 Å². The maximum absolute atomic E-state index is 12.8. The maximum atomic E-state index is 12.8. The molecule has 0 spiro atoms. The number of likely N-dealkylation sites (tertiary alicyclic amines) is 1. The number of furan rings is 1. The molecule has 5 heteroatoms.